The summed E-state index contributed by atoms with van der Waals surface area (Å²) in [5.74, 6) is 0.781. The van der Waals surface area contributed by atoms with Gasteiger partial charge < -0.3 is 9.80 Å². The first-order chi connectivity index (χ1) is 10.1. The van der Waals surface area contributed by atoms with Gasteiger partial charge in [-0.1, -0.05) is 33.6 Å². The zero-order valence-corrected chi connectivity index (χ0v) is 15.3. The number of likely N-dealkylation sites (N-methyl/N-ethyl adjacent to an activating group) is 2. The summed E-state index contributed by atoms with van der Waals surface area (Å²) >= 11 is 0. The Morgan fingerprint density at radius 1 is 1.00 bits per heavy atom. The summed E-state index contributed by atoms with van der Waals surface area (Å²) in [6.07, 6.45) is 4.76. The maximum absolute atomic E-state index is 12.7. The van der Waals surface area contributed by atoms with E-state index in [0.29, 0.717) is 6.42 Å². The first-order valence-electron chi connectivity index (χ1n) is 8.56. The fourth-order valence-corrected chi connectivity index (χ4v) is 3.06. The Labute approximate surface area is 136 Å². The van der Waals surface area contributed by atoms with Crippen LogP contribution in [0.25, 0.3) is 0 Å². The number of carbonyl (C=O) groups is 2. The van der Waals surface area contributed by atoms with Gasteiger partial charge in [-0.2, -0.15) is 0 Å². The van der Waals surface area contributed by atoms with Crippen molar-refractivity contribution in [3.05, 3.63) is 0 Å². The average molecular weight is 310 g/mol. The van der Waals surface area contributed by atoms with Gasteiger partial charge in [-0.15, -0.1) is 0 Å². The second-order valence-electron chi connectivity index (χ2n) is 8.09. The monoisotopic (exact) mass is 310 g/mol. The quantitative estimate of drug-likeness (QED) is 0.757. The lowest BCUT2D eigenvalue weighted by Crippen LogP contribution is -2.42. The molecule has 1 rings (SSSR count). The fourth-order valence-electron chi connectivity index (χ4n) is 3.06. The van der Waals surface area contributed by atoms with Gasteiger partial charge in [-0.25, -0.2) is 0 Å². The molecule has 1 saturated carbocycles. The molecule has 1 fully saturated rings. The Morgan fingerprint density at radius 3 is 2.14 bits per heavy atom. The minimum absolute atomic E-state index is 0.0345. The molecule has 0 unspecified atom stereocenters. The summed E-state index contributed by atoms with van der Waals surface area (Å²) in [5.41, 5.74) is -0.304. The van der Waals surface area contributed by atoms with E-state index in [1.54, 1.807) is 0 Å². The zero-order chi connectivity index (χ0) is 16.9. The molecule has 0 saturated heterocycles. The van der Waals surface area contributed by atoms with Crippen molar-refractivity contribution in [2.45, 2.75) is 52.9 Å². The minimum atomic E-state index is -0.304. The molecule has 0 aromatic heterocycles. The molecular weight excluding hydrogens is 276 g/mol. The molecule has 128 valence electrons. The first-order valence-corrected chi connectivity index (χ1v) is 8.56. The Kier molecular flexibility index (Phi) is 7.04. The first kappa shape index (κ1) is 19.1. The average Bonchev–Trinajstić information content (AvgIpc) is 2.43. The van der Waals surface area contributed by atoms with Crippen LogP contribution in [0.5, 0.6) is 0 Å². The van der Waals surface area contributed by atoms with Crippen molar-refractivity contribution >= 4 is 11.7 Å². The maximum atomic E-state index is 12.7. The lowest BCUT2D eigenvalue weighted by atomic mass is 9.73. The molecule has 4 heteroatoms. The van der Waals surface area contributed by atoms with Crippen LogP contribution in [0.2, 0.25) is 0 Å². The molecule has 2 atom stereocenters. The van der Waals surface area contributed by atoms with E-state index in [9.17, 15) is 9.59 Å². The highest BCUT2D eigenvalue weighted by atomic mass is 16.2. The van der Waals surface area contributed by atoms with Crippen molar-refractivity contribution < 1.29 is 9.59 Å². The van der Waals surface area contributed by atoms with Gasteiger partial charge in [0.1, 0.15) is 5.78 Å². The van der Waals surface area contributed by atoms with E-state index in [4.69, 9.17) is 0 Å². The number of amides is 1. The normalized spacial score (nSPS) is 22.7. The number of rotatable bonds is 6. The van der Waals surface area contributed by atoms with Crippen molar-refractivity contribution in [2.24, 2.45) is 17.3 Å². The molecule has 0 bridgehead atoms. The number of nitrogens with zero attached hydrogens (tertiary/aromatic N) is 2. The molecule has 0 aliphatic heterocycles. The van der Waals surface area contributed by atoms with Crippen LogP contribution in [0.3, 0.4) is 0 Å². The minimum Gasteiger partial charge on any atom is -0.344 e. The van der Waals surface area contributed by atoms with Crippen LogP contribution in [-0.4, -0.2) is 55.7 Å². The molecule has 0 heterocycles. The van der Waals surface area contributed by atoms with Gasteiger partial charge in [0.05, 0.1) is 0 Å². The number of hydrogen-bond donors (Lipinski definition) is 0. The SMILES string of the molecule is CN(C)CCN(C)C(=O)[C@@H]1CCCC[C@@H]1CC(=O)C(C)(C)C. The number of carbonyl (C=O) groups excluding carboxylic acids is 2. The van der Waals surface area contributed by atoms with Crippen molar-refractivity contribution in [2.75, 3.05) is 34.2 Å². The van der Waals surface area contributed by atoms with Gasteiger partial charge in [0.15, 0.2) is 0 Å². The molecule has 4 nitrogen and oxygen atoms in total. The highest BCUT2D eigenvalue weighted by Gasteiger charge is 2.35. The standard InChI is InChI=1S/C18H34N2O2/c1-18(2,3)16(21)13-14-9-7-8-10-15(14)17(22)20(6)12-11-19(4)5/h14-15H,7-13H2,1-6H3/t14-,15-/m1/s1. The second-order valence-corrected chi connectivity index (χ2v) is 8.09. The summed E-state index contributed by atoms with van der Waals surface area (Å²) in [6.45, 7) is 7.54. The Morgan fingerprint density at radius 2 is 1.59 bits per heavy atom. The van der Waals surface area contributed by atoms with E-state index in [1.165, 1.54) is 0 Å². The molecule has 0 radical (unpaired) electrons. The molecule has 0 N–H and O–H groups in total. The molecule has 22 heavy (non-hydrogen) atoms. The van der Waals surface area contributed by atoms with E-state index in [1.807, 2.05) is 46.8 Å². The van der Waals surface area contributed by atoms with Gasteiger partial charge in [-0.05, 0) is 32.9 Å². The van der Waals surface area contributed by atoms with Crippen LogP contribution in [0, 0.1) is 17.3 Å². The molecule has 1 amide bonds. The summed E-state index contributed by atoms with van der Waals surface area (Å²) in [5, 5.41) is 0. The Hall–Kier alpha value is -0.900. The maximum Gasteiger partial charge on any atom is 0.225 e. The lowest BCUT2D eigenvalue weighted by molar-refractivity contribution is -0.138. The fraction of sp³-hybridized carbons (Fsp3) is 0.889. The van der Waals surface area contributed by atoms with E-state index < -0.39 is 0 Å². The number of Topliss-reactive ketones (excluding diaryl/α,β-unsaturated/α-hetero) is 1. The molecule has 0 spiro atoms. The van der Waals surface area contributed by atoms with Crippen LogP contribution in [0.15, 0.2) is 0 Å². The number of hydrogen-bond acceptors (Lipinski definition) is 3. The van der Waals surface area contributed by atoms with E-state index in [0.717, 1.165) is 38.8 Å². The molecular formula is C18H34N2O2. The second kappa shape index (κ2) is 8.09. The predicted molar refractivity (Wildman–Crippen MR) is 90.7 cm³/mol. The summed E-state index contributed by atoms with van der Waals surface area (Å²) in [6, 6.07) is 0. The molecule has 1 aliphatic rings. The third-order valence-electron chi connectivity index (χ3n) is 4.77. The van der Waals surface area contributed by atoms with E-state index >= 15 is 0 Å². The van der Waals surface area contributed by atoms with Crippen LogP contribution in [0.1, 0.15) is 52.9 Å². The van der Waals surface area contributed by atoms with Gasteiger partial charge in [0.2, 0.25) is 5.91 Å². The van der Waals surface area contributed by atoms with E-state index in [-0.39, 0.29) is 28.9 Å². The van der Waals surface area contributed by atoms with Crippen LogP contribution >= 0.6 is 0 Å². The van der Waals surface area contributed by atoms with Gasteiger partial charge in [-0.3, -0.25) is 9.59 Å². The molecule has 1 aliphatic carbocycles. The van der Waals surface area contributed by atoms with Crippen molar-refractivity contribution in [1.29, 1.82) is 0 Å². The predicted octanol–water partition coefficient (Wildman–Crippen LogP) is 2.82. The van der Waals surface area contributed by atoms with E-state index in [2.05, 4.69) is 4.90 Å². The van der Waals surface area contributed by atoms with Crippen LogP contribution < -0.4 is 0 Å². The highest BCUT2D eigenvalue weighted by molar-refractivity contribution is 5.85. The third-order valence-corrected chi connectivity index (χ3v) is 4.77. The zero-order valence-electron chi connectivity index (χ0n) is 15.3. The number of ketones is 1. The smallest absolute Gasteiger partial charge is 0.225 e. The molecule has 0 aromatic rings. The van der Waals surface area contributed by atoms with Gasteiger partial charge >= 0.3 is 0 Å². The van der Waals surface area contributed by atoms with Crippen molar-refractivity contribution in [3.8, 4) is 0 Å². The summed E-state index contributed by atoms with van der Waals surface area (Å²) < 4.78 is 0. The largest absolute Gasteiger partial charge is 0.344 e. The topological polar surface area (TPSA) is 40.6 Å². The third kappa shape index (κ3) is 5.71. The Balaban J connectivity index is 2.68. The highest BCUT2D eigenvalue weighted by Crippen LogP contribution is 2.35. The van der Waals surface area contributed by atoms with Crippen molar-refractivity contribution in [3.63, 3.8) is 0 Å². The van der Waals surface area contributed by atoms with Gasteiger partial charge in [0.25, 0.3) is 0 Å². The van der Waals surface area contributed by atoms with Crippen LogP contribution in [0.4, 0.5) is 0 Å². The van der Waals surface area contributed by atoms with Crippen molar-refractivity contribution in [1.82, 2.24) is 9.80 Å². The van der Waals surface area contributed by atoms with Crippen LogP contribution in [-0.2, 0) is 9.59 Å². The lowest BCUT2D eigenvalue weighted by Gasteiger charge is -2.34. The summed E-state index contributed by atoms with van der Waals surface area (Å²) in [7, 11) is 5.93. The van der Waals surface area contributed by atoms with Gasteiger partial charge in [0, 0.05) is 37.9 Å². The Bertz CT molecular complexity index is 385. The molecule has 0 aromatic carbocycles. The summed E-state index contributed by atoms with van der Waals surface area (Å²) in [4.78, 5) is 29.0.